The summed E-state index contributed by atoms with van der Waals surface area (Å²) in [5.41, 5.74) is -3.97. The second-order valence-corrected chi connectivity index (χ2v) is 7.09. The first-order chi connectivity index (χ1) is 14.4. The van der Waals surface area contributed by atoms with Crippen molar-refractivity contribution in [1.29, 1.82) is 0 Å². The van der Waals surface area contributed by atoms with Crippen LogP contribution in [0.3, 0.4) is 0 Å². The maximum atomic E-state index is 13.5. The molecule has 2 aromatic rings. The lowest BCUT2D eigenvalue weighted by Gasteiger charge is -2.29. The number of ether oxygens (including phenoxy) is 1. The number of nitrogens with zero attached hydrogens (tertiary/aromatic N) is 1. The Morgan fingerprint density at radius 1 is 1.06 bits per heavy atom. The molecule has 2 N–H and O–H groups in total. The number of anilines is 2. The average molecular weight is 479 g/mol. The minimum absolute atomic E-state index is 0.175. The number of hydrogen-bond donors (Lipinski definition) is 2. The topological polar surface area (TPSA) is 78.9 Å². The van der Waals surface area contributed by atoms with Crippen LogP contribution in [0.15, 0.2) is 42.5 Å². The van der Waals surface area contributed by atoms with Gasteiger partial charge in [-0.05, 0) is 44.2 Å². The summed E-state index contributed by atoms with van der Waals surface area (Å²) in [6.07, 6.45) is -5.31. The largest absolute Gasteiger partial charge is 0.463 e. The number of rotatable bonds is 6. The maximum Gasteiger partial charge on any atom is 0.432 e. The van der Waals surface area contributed by atoms with Gasteiger partial charge in [0.1, 0.15) is 0 Å². The van der Waals surface area contributed by atoms with Crippen molar-refractivity contribution in [2.45, 2.75) is 25.6 Å². The van der Waals surface area contributed by atoms with Crippen LogP contribution in [0.1, 0.15) is 19.4 Å². The summed E-state index contributed by atoms with van der Waals surface area (Å²) in [6, 6.07) is 8.09. The number of alkyl halides is 3. The molecule has 168 valence electrons. The molecule has 0 spiro atoms. The summed E-state index contributed by atoms with van der Waals surface area (Å²) in [5, 5.41) is 13.3. The van der Waals surface area contributed by atoms with E-state index >= 15 is 0 Å². The zero-order valence-electron chi connectivity index (χ0n) is 16.5. The van der Waals surface area contributed by atoms with E-state index < -0.39 is 29.3 Å². The Kier molecular flexibility index (Phi) is 7.80. The lowest BCUT2D eigenvalue weighted by Crippen LogP contribution is -2.50. The molecule has 2 rings (SSSR count). The summed E-state index contributed by atoms with van der Waals surface area (Å²) in [6.45, 7) is 2.82. The van der Waals surface area contributed by atoms with E-state index in [0.717, 1.165) is 12.1 Å². The number of hydrogen-bond acceptors (Lipinski definition) is 4. The third-order valence-corrected chi connectivity index (χ3v) is 5.05. The number of benzene rings is 2. The third-order valence-electron chi connectivity index (χ3n) is 4.31. The molecule has 0 saturated heterocycles. The van der Waals surface area contributed by atoms with Crippen molar-refractivity contribution in [2.75, 3.05) is 23.4 Å². The van der Waals surface area contributed by atoms with Crippen molar-refractivity contribution >= 4 is 46.6 Å². The van der Waals surface area contributed by atoms with Crippen LogP contribution >= 0.6 is 23.2 Å². The van der Waals surface area contributed by atoms with E-state index in [1.807, 2.05) is 0 Å². The van der Waals surface area contributed by atoms with Gasteiger partial charge in [-0.3, -0.25) is 4.90 Å². The first-order valence-electron chi connectivity index (χ1n) is 9.06. The lowest BCUT2D eigenvalue weighted by molar-refractivity contribution is -0.267. The second-order valence-electron chi connectivity index (χ2n) is 6.28. The molecular weight excluding hydrogens is 460 g/mol. The van der Waals surface area contributed by atoms with Gasteiger partial charge in [-0.15, -0.1) is 0 Å². The van der Waals surface area contributed by atoms with Gasteiger partial charge in [0.25, 0.3) is 5.60 Å². The highest BCUT2D eigenvalue weighted by Crippen LogP contribution is 2.40. The van der Waals surface area contributed by atoms with Crippen LogP contribution in [0.2, 0.25) is 10.0 Å². The van der Waals surface area contributed by atoms with Gasteiger partial charge in [0, 0.05) is 23.5 Å². The van der Waals surface area contributed by atoms with Crippen molar-refractivity contribution < 1.29 is 32.6 Å². The number of urea groups is 1. The highest BCUT2D eigenvalue weighted by molar-refractivity contribution is 6.42. The zero-order valence-corrected chi connectivity index (χ0v) is 18.0. The number of aliphatic hydroxyl groups is 1. The molecule has 0 radical (unpaired) electrons. The standard InChI is InChI=1S/C20H19Cl2F3N2O4/c1-3-27(18(29)26-13-7-10-15(21)16(22)11-13)14-8-5-12(6-9-14)19(30,20(23,24)25)17(28)31-4-2/h5-11,30H,3-4H2,1-2H3,(H,26,29)/t19-/m0/s1. The maximum absolute atomic E-state index is 13.5. The molecule has 0 unspecified atom stereocenters. The monoisotopic (exact) mass is 478 g/mol. The lowest BCUT2D eigenvalue weighted by atomic mass is 9.93. The highest BCUT2D eigenvalue weighted by Gasteiger charge is 2.62. The molecule has 1 atom stereocenters. The smallest absolute Gasteiger partial charge is 0.432 e. The predicted octanol–water partition coefficient (Wildman–Crippen LogP) is 5.36. The number of nitrogens with one attached hydrogen (secondary N) is 1. The predicted molar refractivity (Wildman–Crippen MR) is 112 cm³/mol. The van der Waals surface area contributed by atoms with Gasteiger partial charge in [0.05, 0.1) is 16.7 Å². The van der Waals surface area contributed by atoms with Crippen LogP contribution < -0.4 is 10.2 Å². The van der Waals surface area contributed by atoms with Gasteiger partial charge in [0.2, 0.25) is 0 Å². The number of halogens is 5. The minimum atomic E-state index is -5.31. The number of carbonyl (C=O) groups excluding carboxylic acids is 2. The van der Waals surface area contributed by atoms with Crippen LogP contribution in [0.5, 0.6) is 0 Å². The quantitative estimate of drug-likeness (QED) is 0.547. The van der Waals surface area contributed by atoms with Crippen molar-refractivity contribution in [3.05, 3.63) is 58.1 Å². The second kappa shape index (κ2) is 9.76. The molecule has 2 aromatic carbocycles. The fourth-order valence-corrected chi connectivity index (χ4v) is 3.02. The molecule has 0 aromatic heterocycles. The first-order valence-corrected chi connectivity index (χ1v) is 9.81. The third kappa shape index (κ3) is 5.23. The molecule has 6 nitrogen and oxygen atoms in total. The van der Waals surface area contributed by atoms with Crippen molar-refractivity contribution in [1.82, 2.24) is 0 Å². The van der Waals surface area contributed by atoms with E-state index in [1.54, 1.807) is 6.92 Å². The van der Waals surface area contributed by atoms with Gasteiger partial charge < -0.3 is 15.2 Å². The SMILES string of the molecule is CCOC(=O)[C@@](O)(c1ccc(N(CC)C(=O)Nc2ccc(Cl)c(Cl)c2)cc1)C(F)(F)F. The Bertz CT molecular complexity index is 954. The van der Waals surface area contributed by atoms with Crippen molar-refractivity contribution in [2.24, 2.45) is 0 Å². The van der Waals surface area contributed by atoms with Crippen LogP contribution in [-0.2, 0) is 15.1 Å². The van der Waals surface area contributed by atoms with E-state index in [-0.39, 0.29) is 23.9 Å². The Balaban J connectivity index is 2.31. The molecule has 2 amide bonds. The molecule has 11 heteroatoms. The molecule has 0 aliphatic rings. The molecule has 0 saturated carbocycles. The average Bonchev–Trinajstić information content (AvgIpc) is 2.70. The van der Waals surface area contributed by atoms with Crippen LogP contribution in [0, 0.1) is 0 Å². The fraction of sp³-hybridized carbons (Fsp3) is 0.300. The highest BCUT2D eigenvalue weighted by atomic mass is 35.5. The van der Waals surface area contributed by atoms with Gasteiger partial charge in [-0.2, -0.15) is 13.2 Å². The summed E-state index contributed by atoms with van der Waals surface area (Å²) in [7, 11) is 0. The zero-order chi connectivity index (χ0) is 23.4. The van der Waals surface area contributed by atoms with Crippen LogP contribution in [-0.4, -0.2) is 36.4 Å². The number of carbonyl (C=O) groups is 2. The van der Waals surface area contributed by atoms with Gasteiger partial charge in [-0.25, -0.2) is 9.59 Å². The van der Waals surface area contributed by atoms with Crippen molar-refractivity contribution in [3.8, 4) is 0 Å². The summed E-state index contributed by atoms with van der Waals surface area (Å²) in [5.74, 6) is -1.83. The Morgan fingerprint density at radius 3 is 2.16 bits per heavy atom. The molecule has 0 aliphatic heterocycles. The number of esters is 1. The summed E-state index contributed by atoms with van der Waals surface area (Å²) < 4.78 is 44.8. The van der Waals surface area contributed by atoms with Gasteiger partial charge in [-0.1, -0.05) is 35.3 Å². The molecule has 0 fully saturated rings. The Morgan fingerprint density at radius 2 is 1.68 bits per heavy atom. The first kappa shape index (κ1) is 24.8. The summed E-state index contributed by atoms with van der Waals surface area (Å²) >= 11 is 11.8. The van der Waals surface area contributed by atoms with E-state index in [4.69, 9.17) is 23.2 Å². The Hall–Kier alpha value is -2.49. The molecular formula is C20H19Cl2F3N2O4. The van der Waals surface area contributed by atoms with Crippen LogP contribution in [0.4, 0.5) is 29.3 Å². The van der Waals surface area contributed by atoms with Gasteiger partial charge >= 0.3 is 18.2 Å². The van der Waals surface area contributed by atoms with Gasteiger partial charge in [0.15, 0.2) is 0 Å². The Labute approximate surface area is 186 Å². The normalized spacial score (nSPS) is 13.3. The number of amides is 2. The summed E-state index contributed by atoms with van der Waals surface area (Å²) in [4.78, 5) is 25.7. The van der Waals surface area contributed by atoms with E-state index in [9.17, 15) is 27.9 Å². The minimum Gasteiger partial charge on any atom is -0.463 e. The molecule has 0 bridgehead atoms. The van der Waals surface area contributed by atoms with E-state index in [2.05, 4.69) is 10.1 Å². The molecule has 0 heterocycles. The van der Waals surface area contributed by atoms with Crippen LogP contribution in [0.25, 0.3) is 0 Å². The molecule has 31 heavy (non-hydrogen) atoms. The van der Waals surface area contributed by atoms with E-state index in [0.29, 0.717) is 10.7 Å². The van der Waals surface area contributed by atoms with Crippen molar-refractivity contribution in [3.63, 3.8) is 0 Å². The van der Waals surface area contributed by atoms with E-state index in [1.165, 1.54) is 42.2 Å². The molecule has 0 aliphatic carbocycles. The fourth-order valence-electron chi connectivity index (χ4n) is 2.72.